The van der Waals surface area contributed by atoms with E-state index in [-0.39, 0.29) is 24.1 Å². The van der Waals surface area contributed by atoms with Gasteiger partial charge in [0.15, 0.2) is 11.5 Å². The summed E-state index contributed by atoms with van der Waals surface area (Å²) < 4.78 is 10.5. The fourth-order valence-corrected chi connectivity index (χ4v) is 3.41. The molecule has 2 N–H and O–H groups in total. The molecule has 0 bridgehead atoms. The Morgan fingerprint density at radius 1 is 1.10 bits per heavy atom. The van der Waals surface area contributed by atoms with E-state index in [2.05, 4.69) is 10.6 Å². The zero-order valence-electron chi connectivity index (χ0n) is 17.2. The summed E-state index contributed by atoms with van der Waals surface area (Å²) in [4.78, 5) is 37.9. The summed E-state index contributed by atoms with van der Waals surface area (Å²) in [6.45, 7) is 2.04. The van der Waals surface area contributed by atoms with Crippen molar-refractivity contribution in [3.8, 4) is 11.5 Å². The third-order valence-corrected chi connectivity index (χ3v) is 4.89. The molecule has 1 heterocycles. The highest BCUT2D eigenvalue weighted by Crippen LogP contribution is 2.29. The lowest BCUT2D eigenvalue weighted by Crippen LogP contribution is -2.32. The van der Waals surface area contributed by atoms with Crippen molar-refractivity contribution in [2.24, 2.45) is 5.92 Å². The number of nitrogens with zero attached hydrogens (tertiary/aromatic N) is 1. The summed E-state index contributed by atoms with van der Waals surface area (Å²) in [5.74, 6) is 0.269. The second kappa shape index (κ2) is 9.30. The number of ether oxygens (including phenoxy) is 2. The van der Waals surface area contributed by atoms with Gasteiger partial charge in [-0.1, -0.05) is 12.1 Å². The van der Waals surface area contributed by atoms with Gasteiger partial charge < -0.3 is 25.0 Å². The van der Waals surface area contributed by atoms with Crippen LogP contribution in [0.1, 0.15) is 18.9 Å². The van der Waals surface area contributed by atoms with Gasteiger partial charge in [-0.15, -0.1) is 0 Å². The SMILES string of the molecule is COc1ccc(CNC(=O)C2CC(=O)N(c3cccc(NC(C)=O)c3)C2)cc1OC. The van der Waals surface area contributed by atoms with Crippen LogP contribution in [0.5, 0.6) is 11.5 Å². The first kappa shape index (κ1) is 21.2. The van der Waals surface area contributed by atoms with Crippen LogP contribution in [0, 0.1) is 5.92 Å². The molecule has 3 amide bonds. The smallest absolute Gasteiger partial charge is 0.227 e. The van der Waals surface area contributed by atoms with Gasteiger partial charge in [0.1, 0.15) is 0 Å². The van der Waals surface area contributed by atoms with Crippen LogP contribution in [0.4, 0.5) is 11.4 Å². The van der Waals surface area contributed by atoms with Crippen LogP contribution >= 0.6 is 0 Å². The summed E-state index contributed by atoms with van der Waals surface area (Å²) in [6, 6.07) is 12.5. The minimum absolute atomic E-state index is 0.124. The van der Waals surface area contributed by atoms with Crippen LogP contribution in [0.15, 0.2) is 42.5 Å². The Morgan fingerprint density at radius 2 is 1.87 bits per heavy atom. The number of benzene rings is 2. The maximum atomic E-state index is 12.6. The van der Waals surface area contributed by atoms with E-state index in [1.54, 1.807) is 55.5 Å². The quantitative estimate of drug-likeness (QED) is 0.729. The van der Waals surface area contributed by atoms with E-state index in [9.17, 15) is 14.4 Å². The van der Waals surface area contributed by atoms with Crippen LogP contribution in [0.25, 0.3) is 0 Å². The Kier molecular flexibility index (Phi) is 6.56. The van der Waals surface area contributed by atoms with Gasteiger partial charge in [0, 0.05) is 37.8 Å². The molecule has 1 aliphatic rings. The third-order valence-electron chi connectivity index (χ3n) is 4.89. The first-order chi connectivity index (χ1) is 14.4. The van der Waals surface area contributed by atoms with Crippen molar-refractivity contribution >= 4 is 29.1 Å². The highest BCUT2D eigenvalue weighted by atomic mass is 16.5. The molecule has 8 heteroatoms. The van der Waals surface area contributed by atoms with Crippen molar-refractivity contribution in [3.05, 3.63) is 48.0 Å². The van der Waals surface area contributed by atoms with Crippen molar-refractivity contribution in [1.82, 2.24) is 5.32 Å². The molecular weight excluding hydrogens is 386 g/mol. The Morgan fingerprint density at radius 3 is 2.57 bits per heavy atom. The molecule has 8 nitrogen and oxygen atoms in total. The second-order valence-electron chi connectivity index (χ2n) is 7.04. The Labute approximate surface area is 175 Å². The second-order valence-corrected chi connectivity index (χ2v) is 7.04. The summed E-state index contributed by atoms with van der Waals surface area (Å²) in [7, 11) is 3.12. The molecule has 1 saturated heterocycles. The lowest BCUT2D eigenvalue weighted by Gasteiger charge is -2.18. The van der Waals surface area contributed by atoms with Gasteiger partial charge in [-0.25, -0.2) is 0 Å². The maximum absolute atomic E-state index is 12.6. The first-order valence-electron chi connectivity index (χ1n) is 9.58. The number of nitrogens with one attached hydrogen (secondary N) is 2. The number of hydrogen-bond donors (Lipinski definition) is 2. The van der Waals surface area contributed by atoms with Crippen LogP contribution < -0.4 is 25.0 Å². The number of carbonyl (C=O) groups excluding carboxylic acids is 3. The first-order valence-corrected chi connectivity index (χ1v) is 9.58. The van der Waals surface area contributed by atoms with E-state index >= 15 is 0 Å². The number of anilines is 2. The normalized spacial score (nSPS) is 15.6. The van der Waals surface area contributed by atoms with E-state index in [0.29, 0.717) is 36.0 Å². The Balaban J connectivity index is 1.62. The van der Waals surface area contributed by atoms with Gasteiger partial charge in [0.05, 0.1) is 20.1 Å². The van der Waals surface area contributed by atoms with Crippen molar-refractivity contribution in [1.29, 1.82) is 0 Å². The topological polar surface area (TPSA) is 97.0 Å². The van der Waals surface area contributed by atoms with Gasteiger partial charge in [0.2, 0.25) is 17.7 Å². The molecule has 2 aromatic carbocycles. The fraction of sp³-hybridized carbons (Fsp3) is 0.318. The number of carbonyl (C=O) groups is 3. The van der Waals surface area contributed by atoms with Crippen molar-refractivity contribution in [3.63, 3.8) is 0 Å². The van der Waals surface area contributed by atoms with Crippen LogP contribution in [0.3, 0.4) is 0 Å². The zero-order valence-corrected chi connectivity index (χ0v) is 17.2. The predicted molar refractivity (Wildman–Crippen MR) is 113 cm³/mol. The van der Waals surface area contributed by atoms with Gasteiger partial charge >= 0.3 is 0 Å². The highest BCUT2D eigenvalue weighted by molar-refractivity contribution is 6.01. The number of amides is 3. The average Bonchev–Trinajstić information content (AvgIpc) is 3.13. The number of methoxy groups -OCH3 is 2. The van der Waals surface area contributed by atoms with E-state index in [4.69, 9.17) is 9.47 Å². The molecule has 30 heavy (non-hydrogen) atoms. The summed E-state index contributed by atoms with van der Waals surface area (Å²) in [5.41, 5.74) is 2.13. The Hall–Kier alpha value is -3.55. The lowest BCUT2D eigenvalue weighted by atomic mass is 10.1. The van der Waals surface area contributed by atoms with Crippen molar-refractivity contribution in [2.75, 3.05) is 31.0 Å². The van der Waals surface area contributed by atoms with E-state index in [1.165, 1.54) is 6.92 Å². The molecule has 1 fully saturated rings. The molecule has 1 aliphatic heterocycles. The molecule has 1 unspecified atom stereocenters. The maximum Gasteiger partial charge on any atom is 0.227 e. The fourth-order valence-electron chi connectivity index (χ4n) is 3.41. The molecule has 0 spiro atoms. The molecule has 0 saturated carbocycles. The standard InChI is InChI=1S/C22H25N3O5/c1-14(26)24-17-5-4-6-18(11-17)25-13-16(10-21(25)27)22(28)23-12-15-7-8-19(29-2)20(9-15)30-3/h4-9,11,16H,10,12-13H2,1-3H3,(H,23,28)(H,24,26). The molecule has 1 atom stereocenters. The molecule has 3 rings (SSSR count). The van der Waals surface area contributed by atoms with Gasteiger partial charge in [0.25, 0.3) is 0 Å². The predicted octanol–water partition coefficient (Wildman–Crippen LogP) is 2.33. The number of hydrogen-bond acceptors (Lipinski definition) is 5. The monoisotopic (exact) mass is 411 g/mol. The van der Waals surface area contributed by atoms with E-state index < -0.39 is 5.92 Å². The van der Waals surface area contributed by atoms with Crippen LogP contribution in [0.2, 0.25) is 0 Å². The molecule has 0 aliphatic carbocycles. The zero-order chi connectivity index (χ0) is 21.7. The number of rotatable bonds is 7. The molecule has 158 valence electrons. The minimum atomic E-state index is -0.443. The molecule has 2 aromatic rings. The molecule has 0 radical (unpaired) electrons. The van der Waals surface area contributed by atoms with E-state index in [0.717, 1.165) is 5.56 Å². The Bertz CT molecular complexity index is 960. The summed E-state index contributed by atoms with van der Waals surface area (Å²) >= 11 is 0. The molecule has 0 aromatic heterocycles. The van der Waals surface area contributed by atoms with Gasteiger partial charge in [-0.05, 0) is 35.9 Å². The van der Waals surface area contributed by atoms with Crippen molar-refractivity contribution < 1.29 is 23.9 Å². The largest absolute Gasteiger partial charge is 0.493 e. The van der Waals surface area contributed by atoms with Gasteiger partial charge in [-0.3, -0.25) is 14.4 Å². The third kappa shape index (κ3) is 4.89. The lowest BCUT2D eigenvalue weighted by molar-refractivity contribution is -0.126. The van der Waals surface area contributed by atoms with Gasteiger partial charge in [-0.2, -0.15) is 0 Å². The van der Waals surface area contributed by atoms with Crippen LogP contribution in [-0.2, 0) is 20.9 Å². The summed E-state index contributed by atoms with van der Waals surface area (Å²) in [5, 5.41) is 5.59. The highest BCUT2D eigenvalue weighted by Gasteiger charge is 2.35. The molecular formula is C22H25N3O5. The minimum Gasteiger partial charge on any atom is -0.493 e. The van der Waals surface area contributed by atoms with Crippen molar-refractivity contribution in [2.45, 2.75) is 19.9 Å². The van der Waals surface area contributed by atoms with E-state index in [1.807, 2.05) is 6.07 Å². The summed E-state index contributed by atoms with van der Waals surface area (Å²) in [6.07, 6.45) is 0.141. The van der Waals surface area contributed by atoms with Crippen LogP contribution in [-0.4, -0.2) is 38.5 Å². The average molecular weight is 411 g/mol.